The molecule has 0 aliphatic carbocycles. The maximum absolute atomic E-state index is 7.49. The maximum atomic E-state index is 7.49. The van der Waals surface area contributed by atoms with Crippen molar-refractivity contribution >= 4 is 82.4 Å². The fraction of sp³-hybridized carbons (Fsp3) is 0.288. The Hall–Kier alpha value is -6.12. The Morgan fingerprint density at radius 1 is 0.409 bits per heavy atom. The molecule has 0 saturated heterocycles. The molecule has 5 aliphatic rings. The molecule has 5 aliphatic heterocycles. The third-order valence-electron chi connectivity index (χ3n) is 15.2. The molecule has 6 heterocycles. The van der Waals surface area contributed by atoms with Gasteiger partial charge in [-0.25, -0.2) is 0 Å². The van der Waals surface area contributed by atoms with Crippen LogP contribution in [0.25, 0.3) is 27.5 Å². The molecule has 8 aromatic rings. The number of para-hydroxylation sites is 2. The van der Waals surface area contributed by atoms with Crippen LogP contribution in [0.5, 0.6) is 34.5 Å². The van der Waals surface area contributed by atoms with Crippen LogP contribution < -0.4 is 37.2 Å². The molecule has 0 atom stereocenters. The molecule has 0 radical (unpaired) electrons. The summed E-state index contributed by atoms with van der Waals surface area (Å²) < 4.78 is 28.9. The van der Waals surface area contributed by atoms with Gasteiger partial charge in [0.2, 0.25) is 0 Å². The standard InChI is InChI=1S/C59H57GeN3O3/c1-56(2,3)32-22-24-41-45(26-32)65-54-37(58(7,8)9)30-47-50-52(54)62(41)43-28-34(61-39-20-16-14-18-35(39)36-19-15-17-21-40(36)61)29-44-49(43)60(50,13)51-48(64-47)31-38(59(10,11)12)55-53(51)63(44)42-25-23-33(57(4,5)6)27-46(42)66-55/h14-31H,1-13H3. The summed E-state index contributed by atoms with van der Waals surface area (Å²) in [5.74, 6) is 8.18. The molecule has 0 N–H and O–H groups in total. The van der Waals surface area contributed by atoms with E-state index in [1.807, 2.05) is 0 Å². The summed E-state index contributed by atoms with van der Waals surface area (Å²) >= 11 is -3.81. The van der Waals surface area contributed by atoms with E-state index in [1.165, 1.54) is 57.5 Å². The SMILES string of the molecule is CC(C)(C)c1ccc2c(c1)Oc1c(C(C)(C)C)cc3[c]4c1N2c1cc(-n2c5ccccc5c5ccccc52)cc2[c]1[Ge]4([CH3])[c]1c(cc(C(C)(C)C)c4c1N2c1ccc(C(C)(C)C)cc1O4)O3. The van der Waals surface area contributed by atoms with Crippen LogP contribution in [-0.2, 0) is 21.7 Å². The molecule has 330 valence electrons. The van der Waals surface area contributed by atoms with E-state index < -0.39 is 13.3 Å². The Kier molecular flexibility index (Phi) is 7.58. The van der Waals surface area contributed by atoms with Crippen molar-refractivity contribution in [2.75, 3.05) is 9.80 Å². The van der Waals surface area contributed by atoms with Crippen LogP contribution in [0.2, 0.25) is 5.76 Å². The molecule has 0 spiro atoms. The van der Waals surface area contributed by atoms with Gasteiger partial charge in [-0.2, -0.15) is 0 Å². The van der Waals surface area contributed by atoms with Crippen molar-refractivity contribution in [1.82, 2.24) is 4.57 Å². The molecule has 0 unspecified atom stereocenters. The summed E-state index contributed by atoms with van der Waals surface area (Å²) in [4.78, 5) is 5.15. The first-order valence-corrected chi connectivity index (χ1v) is 28.9. The molecule has 0 amide bonds. The summed E-state index contributed by atoms with van der Waals surface area (Å²) in [7, 11) is 0. The Bertz CT molecular complexity index is 3310. The second-order valence-corrected chi connectivity index (χ2v) is 31.5. The number of nitrogens with zero attached hydrogens (tertiary/aromatic N) is 3. The van der Waals surface area contributed by atoms with Gasteiger partial charge in [0.15, 0.2) is 0 Å². The van der Waals surface area contributed by atoms with Crippen molar-refractivity contribution in [2.24, 2.45) is 0 Å². The van der Waals surface area contributed by atoms with E-state index in [1.54, 1.807) is 0 Å². The number of fused-ring (bicyclic) bond motifs is 9. The Balaban J connectivity index is 1.24. The van der Waals surface area contributed by atoms with Gasteiger partial charge in [0, 0.05) is 0 Å². The molecular formula is C59H57GeN3O3. The number of hydrogen-bond donors (Lipinski definition) is 0. The summed E-state index contributed by atoms with van der Waals surface area (Å²) in [6.07, 6.45) is 0. The number of aromatic nitrogens is 1. The zero-order chi connectivity index (χ0) is 45.9. The first-order valence-electron chi connectivity index (χ1n) is 23.7. The minimum atomic E-state index is -3.81. The average Bonchev–Trinajstić information content (AvgIpc) is 3.59. The van der Waals surface area contributed by atoms with Gasteiger partial charge < -0.3 is 0 Å². The first kappa shape index (κ1) is 40.2. The molecule has 1 aromatic heterocycles. The predicted molar refractivity (Wildman–Crippen MR) is 276 cm³/mol. The summed E-state index contributed by atoms with van der Waals surface area (Å²) in [6, 6.07) is 41.2. The monoisotopic (exact) mass is 929 g/mol. The molecule has 7 aromatic carbocycles. The van der Waals surface area contributed by atoms with Gasteiger partial charge in [-0.1, -0.05) is 0 Å². The van der Waals surface area contributed by atoms with Crippen LogP contribution in [0.15, 0.2) is 109 Å². The van der Waals surface area contributed by atoms with Gasteiger partial charge in [-0.15, -0.1) is 0 Å². The van der Waals surface area contributed by atoms with Gasteiger partial charge in [0.1, 0.15) is 0 Å². The molecule has 0 fully saturated rings. The topological polar surface area (TPSA) is 39.1 Å². The van der Waals surface area contributed by atoms with Crippen LogP contribution in [0.4, 0.5) is 34.1 Å². The van der Waals surface area contributed by atoms with Crippen molar-refractivity contribution in [1.29, 1.82) is 0 Å². The zero-order valence-corrected chi connectivity index (χ0v) is 42.6. The van der Waals surface area contributed by atoms with E-state index in [0.29, 0.717) is 0 Å². The fourth-order valence-corrected chi connectivity index (χ4v) is 21.9. The number of ether oxygens (including phenoxy) is 3. The van der Waals surface area contributed by atoms with E-state index in [0.717, 1.165) is 74.1 Å². The second kappa shape index (κ2) is 12.4. The first-order chi connectivity index (χ1) is 31.1. The quantitative estimate of drug-likeness (QED) is 0.153. The van der Waals surface area contributed by atoms with E-state index in [9.17, 15) is 0 Å². The molecule has 7 heteroatoms. The van der Waals surface area contributed by atoms with Crippen molar-refractivity contribution in [2.45, 2.75) is 111 Å². The van der Waals surface area contributed by atoms with E-state index in [4.69, 9.17) is 14.2 Å². The van der Waals surface area contributed by atoms with Crippen LogP contribution >= 0.6 is 0 Å². The third-order valence-corrected chi connectivity index (χ3v) is 24.6. The van der Waals surface area contributed by atoms with Crippen molar-refractivity contribution in [3.05, 3.63) is 131 Å². The van der Waals surface area contributed by atoms with Crippen molar-refractivity contribution in [3.8, 4) is 40.2 Å². The minimum absolute atomic E-state index is 0.0685. The molecule has 6 nitrogen and oxygen atoms in total. The normalized spacial score (nSPS) is 15.8. The van der Waals surface area contributed by atoms with E-state index in [-0.39, 0.29) is 21.7 Å². The summed E-state index contributed by atoms with van der Waals surface area (Å²) in [5.41, 5.74) is 14.4. The predicted octanol–water partition coefficient (Wildman–Crippen LogP) is 15.0. The molecular weight excluding hydrogens is 871 g/mol. The van der Waals surface area contributed by atoms with Crippen LogP contribution in [0, 0.1) is 0 Å². The van der Waals surface area contributed by atoms with Gasteiger partial charge in [0.25, 0.3) is 0 Å². The van der Waals surface area contributed by atoms with Crippen LogP contribution in [0.1, 0.15) is 105 Å². The van der Waals surface area contributed by atoms with Gasteiger partial charge in [-0.3, -0.25) is 0 Å². The van der Waals surface area contributed by atoms with E-state index >= 15 is 0 Å². The fourth-order valence-electron chi connectivity index (χ4n) is 11.9. The van der Waals surface area contributed by atoms with Crippen LogP contribution in [0.3, 0.4) is 0 Å². The van der Waals surface area contributed by atoms with E-state index in [2.05, 4.69) is 212 Å². The average molecular weight is 929 g/mol. The zero-order valence-electron chi connectivity index (χ0n) is 40.5. The number of anilines is 6. The van der Waals surface area contributed by atoms with Gasteiger partial charge in [-0.05, 0) is 0 Å². The Labute approximate surface area is 391 Å². The molecule has 66 heavy (non-hydrogen) atoms. The van der Waals surface area contributed by atoms with Crippen molar-refractivity contribution in [3.63, 3.8) is 0 Å². The van der Waals surface area contributed by atoms with Gasteiger partial charge >= 0.3 is 393 Å². The number of benzene rings is 7. The Morgan fingerprint density at radius 3 is 1.24 bits per heavy atom. The van der Waals surface area contributed by atoms with Crippen LogP contribution in [-0.4, -0.2) is 17.8 Å². The third kappa shape index (κ3) is 5.09. The van der Waals surface area contributed by atoms with Crippen molar-refractivity contribution < 1.29 is 14.2 Å². The molecule has 0 bridgehead atoms. The molecule has 0 saturated carbocycles. The Morgan fingerprint density at radius 2 is 0.833 bits per heavy atom. The number of rotatable bonds is 1. The summed E-state index contributed by atoms with van der Waals surface area (Å²) in [6.45, 7) is 27.5. The molecule has 13 rings (SSSR count). The second-order valence-electron chi connectivity index (χ2n) is 23.6. The number of hydrogen-bond acceptors (Lipinski definition) is 5. The van der Waals surface area contributed by atoms with Gasteiger partial charge in [0.05, 0.1) is 0 Å². The summed E-state index contributed by atoms with van der Waals surface area (Å²) in [5, 5.41) is 2.48.